The third-order valence-corrected chi connectivity index (χ3v) is 8.41. The Morgan fingerprint density at radius 1 is 0.974 bits per heavy atom. The van der Waals surface area contributed by atoms with Crippen molar-refractivity contribution < 1.29 is 19.2 Å². The SMILES string of the molecule is CC[C@@H]1N[C@]2(C(=O)N(Cc3ccccc3Cl)c3ccccc32)[C@H]2C(=O)N(c3ccc(NC(C)=O)cc3)C(=O)[C@H]12. The molecule has 0 aliphatic carbocycles. The lowest BCUT2D eigenvalue weighted by Crippen LogP contribution is -2.55. The summed E-state index contributed by atoms with van der Waals surface area (Å²) >= 11 is 6.45. The van der Waals surface area contributed by atoms with Crippen LogP contribution in [0, 0.1) is 11.8 Å². The van der Waals surface area contributed by atoms with E-state index < -0.39 is 23.3 Å². The van der Waals surface area contributed by atoms with Gasteiger partial charge >= 0.3 is 0 Å². The van der Waals surface area contributed by atoms with E-state index in [1.54, 1.807) is 35.2 Å². The van der Waals surface area contributed by atoms with Crippen molar-refractivity contribution >= 4 is 52.3 Å². The molecule has 3 aromatic rings. The van der Waals surface area contributed by atoms with Crippen LogP contribution in [-0.4, -0.2) is 29.7 Å². The molecule has 2 N–H and O–H groups in total. The van der Waals surface area contributed by atoms with Crippen molar-refractivity contribution in [2.24, 2.45) is 11.8 Å². The molecule has 2 fully saturated rings. The van der Waals surface area contributed by atoms with Gasteiger partial charge in [-0.3, -0.25) is 24.5 Å². The molecule has 0 radical (unpaired) electrons. The number of amides is 4. The molecule has 39 heavy (non-hydrogen) atoms. The average Bonchev–Trinajstić information content (AvgIpc) is 3.49. The molecule has 1 spiro atoms. The molecule has 0 bridgehead atoms. The Hall–Kier alpha value is -4.01. The Bertz CT molecular complexity index is 1520. The molecule has 3 aromatic carbocycles. The molecule has 0 aromatic heterocycles. The number of halogens is 1. The second kappa shape index (κ2) is 9.32. The predicted octanol–water partition coefficient (Wildman–Crippen LogP) is 4.23. The molecule has 3 aliphatic heterocycles. The third kappa shape index (κ3) is 3.70. The third-order valence-electron chi connectivity index (χ3n) is 8.04. The second-order valence-electron chi connectivity index (χ2n) is 10.2. The van der Waals surface area contributed by atoms with Crippen LogP contribution in [0.2, 0.25) is 5.02 Å². The normalized spacial score (nSPS) is 25.4. The molecular weight excluding hydrogens is 516 g/mol. The van der Waals surface area contributed by atoms with Gasteiger partial charge in [0.25, 0.3) is 5.91 Å². The minimum absolute atomic E-state index is 0.218. The maximum atomic E-state index is 14.4. The number of para-hydroxylation sites is 1. The molecule has 8 nitrogen and oxygen atoms in total. The maximum Gasteiger partial charge on any atom is 0.253 e. The van der Waals surface area contributed by atoms with Gasteiger partial charge in [-0.15, -0.1) is 0 Å². The van der Waals surface area contributed by atoms with Crippen LogP contribution in [0.25, 0.3) is 0 Å². The molecule has 2 saturated heterocycles. The number of anilines is 3. The van der Waals surface area contributed by atoms with E-state index in [9.17, 15) is 19.2 Å². The van der Waals surface area contributed by atoms with Crippen molar-refractivity contribution in [2.75, 3.05) is 15.1 Å². The van der Waals surface area contributed by atoms with Crippen LogP contribution < -0.4 is 20.4 Å². The number of fused-ring (bicyclic) bond motifs is 4. The summed E-state index contributed by atoms with van der Waals surface area (Å²) in [5.41, 5.74) is 1.77. The highest BCUT2D eigenvalue weighted by Gasteiger charge is 2.71. The first-order chi connectivity index (χ1) is 18.8. The van der Waals surface area contributed by atoms with Gasteiger partial charge < -0.3 is 10.2 Å². The van der Waals surface area contributed by atoms with Gasteiger partial charge in [0.2, 0.25) is 17.7 Å². The lowest BCUT2D eigenvalue weighted by Gasteiger charge is -2.30. The summed E-state index contributed by atoms with van der Waals surface area (Å²) in [7, 11) is 0. The summed E-state index contributed by atoms with van der Waals surface area (Å²) in [6, 6.07) is 21.0. The van der Waals surface area contributed by atoms with Crippen molar-refractivity contribution in [3.05, 3.63) is 88.9 Å². The number of nitrogens with zero attached hydrogens (tertiary/aromatic N) is 2. The molecule has 4 atom stereocenters. The van der Waals surface area contributed by atoms with Crippen LogP contribution in [0.3, 0.4) is 0 Å². The van der Waals surface area contributed by atoms with Crippen molar-refractivity contribution in [2.45, 2.75) is 38.4 Å². The van der Waals surface area contributed by atoms with E-state index in [0.29, 0.717) is 34.1 Å². The lowest BCUT2D eigenvalue weighted by atomic mass is 9.76. The summed E-state index contributed by atoms with van der Waals surface area (Å²) in [6.45, 7) is 3.60. The zero-order valence-electron chi connectivity index (χ0n) is 21.5. The van der Waals surface area contributed by atoms with E-state index in [1.807, 2.05) is 49.4 Å². The van der Waals surface area contributed by atoms with Gasteiger partial charge in [-0.2, -0.15) is 0 Å². The number of hydrogen-bond donors (Lipinski definition) is 2. The smallest absolute Gasteiger partial charge is 0.253 e. The standard InChI is InChI=1S/C30H27ClN4O4/c1-3-23-25-26(28(38)35(27(25)37)20-14-12-19(13-15-20)32-17(2)36)30(33-23)21-9-5-7-11-24(21)34(29(30)39)16-18-8-4-6-10-22(18)31/h4-15,23,25-26,33H,3,16H2,1-2H3,(H,32,36)/t23-,25+,26+,30-/m0/s1. The molecule has 0 unspecified atom stereocenters. The largest absolute Gasteiger partial charge is 0.326 e. The fourth-order valence-electron chi connectivity index (χ4n) is 6.41. The van der Waals surface area contributed by atoms with Crippen LogP contribution in [-0.2, 0) is 31.3 Å². The zero-order valence-corrected chi connectivity index (χ0v) is 22.2. The van der Waals surface area contributed by atoms with E-state index in [1.165, 1.54) is 11.8 Å². The summed E-state index contributed by atoms with van der Waals surface area (Å²) in [4.78, 5) is 56.7. The summed E-state index contributed by atoms with van der Waals surface area (Å²) in [6.07, 6.45) is 0.567. The van der Waals surface area contributed by atoms with Gasteiger partial charge in [0.15, 0.2) is 0 Å². The van der Waals surface area contributed by atoms with Crippen LogP contribution in [0.1, 0.15) is 31.4 Å². The van der Waals surface area contributed by atoms with Gasteiger partial charge in [-0.1, -0.05) is 54.9 Å². The minimum Gasteiger partial charge on any atom is -0.326 e. The lowest BCUT2D eigenvalue weighted by molar-refractivity contribution is -0.132. The van der Waals surface area contributed by atoms with Crippen molar-refractivity contribution in [3.63, 3.8) is 0 Å². The zero-order chi connectivity index (χ0) is 27.5. The number of carbonyl (C=O) groups excluding carboxylic acids is 4. The van der Waals surface area contributed by atoms with Crippen LogP contribution in [0.4, 0.5) is 17.1 Å². The Morgan fingerprint density at radius 3 is 2.36 bits per heavy atom. The van der Waals surface area contributed by atoms with Gasteiger partial charge in [-0.05, 0) is 48.4 Å². The van der Waals surface area contributed by atoms with Gasteiger partial charge in [0.05, 0.1) is 24.1 Å². The molecule has 3 heterocycles. The van der Waals surface area contributed by atoms with E-state index in [2.05, 4.69) is 10.6 Å². The summed E-state index contributed by atoms with van der Waals surface area (Å²) < 4.78 is 0. The van der Waals surface area contributed by atoms with Crippen LogP contribution >= 0.6 is 11.6 Å². The molecule has 3 aliphatic rings. The molecule has 198 valence electrons. The van der Waals surface area contributed by atoms with Crippen LogP contribution in [0.15, 0.2) is 72.8 Å². The number of rotatable bonds is 5. The average molecular weight is 543 g/mol. The number of carbonyl (C=O) groups is 4. The van der Waals surface area contributed by atoms with Gasteiger partial charge in [-0.25, -0.2) is 4.90 Å². The summed E-state index contributed by atoms with van der Waals surface area (Å²) in [5.74, 6) is -2.83. The highest BCUT2D eigenvalue weighted by molar-refractivity contribution is 6.31. The Balaban J connectivity index is 1.43. The predicted molar refractivity (Wildman–Crippen MR) is 148 cm³/mol. The highest BCUT2D eigenvalue weighted by atomic mass is 35.5. The highest BCUT2D eigenvalue weighted by Crippen LogP contribution is 2.55. The first-order valence-electron chi connectivity index (χ1n) is 13.0. The topological polar surface area (TPSA) is 98.8 Å². The van der Waals surface area contributed by atoms with Crippen molar-refractivity contribution in [3.8, 4) is 0 Å². The fourth-order valence-corrected chi connectivity index (χ4v) is 6.60. The Labute approximate surface area is 230 Å². The van der Waals surface area contributed by atoms with E-state index in [0.717, 1.165) is 5.56 Å². The number of hydrogen-bond acceptors (Lipinski definition) is 5. The fraction of sp³-hybridized carbons (Fsp3) is 0.267. The first kappa shape index (κ1) is 25.3. The molecule has 6 rings (SSSR count). The number of nitrogens with one attached hydrogen (secondary N) is 2. The monoisotopic (exact) mass is 542 g/mol. The van der Waals surface area contributed by atoms with Crippen LogP contribution in [0.5, 0.6) is 0 Å². The van der Waals surface area contributed by atoms with Gasteiger partial charge in [0.1, 0.15) is 5.54 Å². The van der Waals surface area contributed by atoms with Crippen molar-refractivity contribution in [1.82, 2.24) is 5.32 Å². The Kier molecular flexibility index (Phi) is 6.04. The van der Waals surface area contributed by atoms with Gasteiger partial charge in [0, 0.05) is 34.9 Å². The molecular formula is C30H27ClN4O4. The van der Waals surface area contributed by atoms with E-state index in [4.69, 9.17) is 11.6 Å². The molecule has 4 amide bonds. The quantitative estimate of drug-likeness (QED) is 0.470. The Morgan fingerprint density at radius 2 is 1.67 bits per heavy atom. The van der Waals surface area contributed by atoms with E-state index in [-0.39, 0.29) is 30.3 Å². The molecule has 9 heteroatoms. The molecule has 0 saturated carbocycles. The number of benzene rings is 3. The second-order valence-corrected chi connectivity index (χ2v) is 10.6. The minimum atomic E-state index is -1.37. The number of imide groups is 1. The van der Waals surface area contributed by atoms with E-state index >= 15 is 0 Å². The maximum absolute atomic E-state index is 14.4. The summed E-state index contributed by atoms with van der Waals surface area (Å²) in [5, 5.41) is 6.72. The first-order valence-corrected chi connectivity index (χ1v) is 13.3. The van der Waals surface area contributed by atoms with Crippen molar-refractivity contribution in [1.29, 1.82) is 0 Å².